The molecule has 0 spiro atoms. The molecule has 0 amide bonds. The summed E-state index contributed by atoms with van der Waals surface area (Å²) in [6, 6.07) is 8.05. The molecular weight excluding hydrogens is 292 g/mol. The molecule has 3 aromatic rings. The van der Waals surface area contributed by atoms with Crippen molar-refractivity contribution in [3.8, 4) is 5.69 Å². The first-order valence-corrected chi connectivity index (χ1v) is 7.71. The predicted octanol–water partition coefficient (Wildman–Crippen LogP) is 2.54. The van der Waals surface area contributed by atoms with Crippen molar-refractivity contribution in [3.05, 3.63) is 35.7 Å². The van der Waals surface area contributed by atoms with Gasteiger partial charge in [0.05, 0.1) is 5.69 Å². The Kier molecular flexibility index (Phi) is 3.75. The molecule has 0 radical (unpaired) electrons. The molecule has 2 heterocycles. The summed E-state index contributed by atoms with van der Waals surface area (Å²) in [5.74, 6) is 0.854. The van der Waals surface area contributed by atoms with Crippen molar-refractivity contribution in [2.24, 2.45) is 0 Å². The largest absolute Gasteiger partial charge is 0.221 e. The van der Waals surface area contributed by atoms with Gasteiger partial charge in [-0.05, 0) is 52.8 Å². The molecule has 102 valence electrons. The number of rotatable bonds is 4. The van der Waals surface area contributed by atoms with Crippen molar-refractivity contribution < 1.29 is 0 Å². The lowest BCUT2D eigenvalue weighted by Gasteiger charge is -2.02. The molecule has 0 aliphatic rings. The molecule has 0 aliphatic carbocycles. The Morgan fingerprint density at radius 2 is 2.05 bits per heavy atom. The van der Waals surface area contributed by atoms with Crippen molar-refractivity contribution in [2.45, 2.75) is 29.8 Å². The second-order valence-corrected chi connectivity index (χ2v) is 6.11. The van der Waals surface area contributed by atoms with Gasteiger partial charge in [0.2, 0.25) is 5.16 Å². The molecule has 8 heteroatoms. The van der Waals surface area contributed by atoms with E-state index in [-0.39, 0.29) is 0 Å². The maximum atomic E-state index is 4.41. The minimum atomic E-state index is 0.688. The van der Waals surface area contributed by atoms with E-state index >= 15 is 0 Å². The van der Waals surface area contributed by atoms with Crippen LogP contribution in [0, 0.1) is 6.92 Å². The normalized spacial score (nSPS) is 10.9. The summed E-state index contributed by atoms with van der Waals surface area (Å²) in [5.41, 5.74) is 2.14. The molecule has 0 bridgehead atoms. The molecular formula is C12H12N6S2. The summed E-state index contributed by atoms with van der Waals surface area (Å²) in [7, 11) is 0. The summed E-state index contributed by atoms with van der Waals surface area (Å²) in [4.78, 5) is 4.41. The molecule has 0 aliphatic heterocycles. The Balaban J connectivity index is 1.88. The summed E-state index contributed by atoms with van der Waals surface area (Å²) in [5, 5.41) is 12.5. The number of hydrogen-bond acceptors (Lipinski definition) is 7. The molecule has 0 unspecified atom stereocenters. The van der Waals surface area contributed by atoms with E-state index in [9.17, 15) is 0 Å². The number of tetrazole rings is 1. The number of benzene rings is 1. The van der Waals surface area contributed by atoms with Crippen LogP contribution in [0.2, 0.25) is 0 Å². The third-order valence-corrected chi connectivity index (χ3v) is 4.39. The van der Waals surface area contributed by atoms with E-state index in [2.05, 4.69) is 24.9 Å². The van der Waals surface area contributed by atoms with Crippen molar-refractivity contribution >= 4 is 23.3 Å². The molecule has 0 saturated heterocycles. The second kappa shape index (κ2) is 5.68. The monoisotopic (exact) mass is 304 g/mol. The van der Waals surface area contributed by atoms with Gasteiger partial charge >= 0.3 is 0 Å². The molecule has 20 heavy (non-hydrogen) atoms. The van der Waals surface area contributed by atoms with E-state index in [0.29, 0.717) is 5.16 Å². The van der Waals surface area contributed by atoms with Gasteiger partial charge in [0.15, 0.2) is 4.34 Å². The molecule has 6 nitrogen and oxygen atoms in total. The van der Waals surface area contributed by atoms with Gasteiger partial charge in [0, 0.05) is 6.42 Å². The predicted molar refractivity (Wildman–Crippen MR) is 77.3 cm³/mol. The van der Waals surface area contributed by atoms with Crippen LogP contribution in [0.25, 0.3) is 5.69 Å². The maximum absolute atomic E-state index is 4.41. The van der Waals surface area contributed by atoms with Gasteiger partial charge < -0.3 is 0 Å². The Hall–Kier alpha value is -1.80. The lowest BCUT2D eigenvalue weighted by atomic mass is 10.2. The van der Waals surface area contributed by atoms with Gasteiger partial charge in [-0.1, -0.05) is 24.6 Å². The van der Waals surface area contributed by atoms with Crippen LogP contribution in [0.4, 0.5) is 0 Å². The number of hydrogen-bond donors (Lipinski definition) is 0. The SMILES string of the molecule is CCc1nsc(Sc2nnnn2-c2ccc(C)cc2)n1. The zero-order valence-electron chi connectivity index (χ0n) is 11.0. The van der Waals surface area contributed by atoms with Gasteiger partial charge in [0.25, 0.3) is 0 Å². The van der Waals surface area contributed by atoms with E-state index in [0.717, 1.165) is 22.3 Å². The first kappa shape index (κ1) is 13.2. The number of aryl methyl sites for hydroxylation is 2. The van der Waals surface area contributed by atoms with E-state index < -0.39 is 0 Å². The summed E-state index contributed by atoms with van der Waals surface area (Å²) in [6.07, 6.45) is 0.833. The lowest BCUT2D eigenvalue weighted by Crippen LogP contribution is -1.98. The Morgan fingerprint density at radius 1 is 1.25 bits per heavy atom. The van der Waals surface area contributed by atoms with Crippen molar-refractivity contribution in [2.75, 3.05) is 0 Å². The van der Waals surface area contributed by atoms with Crippen molar-refractivity contribution in [1.29, 1.82) is 0 Å². The van der Waals surface area contributed by atoms with Gasteiger partial charge in [-0.15, -0.1) is 5.10 Å². The molecule has 0 atom stereocenters. The topological polar surface area (TPSA) is 69.4 Å². The fraction of sp³-hybridized carbons (Fsp3) is 0.250. The molecule has 1 aromatic carbocycles. The molecule has 0 saturated carbocycles. The number of nitrogens with zero attached hydrogens (tertiary/aromatic N) is 6. The smallest absolute Gasteiger partial charge is 0.213 e. The maximum Gasteiger partial charge on any atom is 0.221 e. The van der Waals surface area contributed by atoms with Gasteiger partial charge in [-0.25, -0.2) is 4.98 Å². The third-order valence-electron chi connectivity index (χ3n) is 2.66. The second-order valence-electron chi connectivity index (χ2n) is 4.14. The van der Waals surface area contributed by atoms with Gasteiger partial charge in [-0.2, -0.15) is 9.06 Å². The Morgan fingerprint density at radius 3 is 2.75 bits per heavy atom. The average molecular weight is 304 g/mol. The number of aromatic nitrogens is 6. The summed E-state index contributed by atoms with van der Waals surface area (Å²) < 4.78 is 6.82. The van der Waals surface area contributed by atoms with Crippen LogP contribution in [-0.2, 0) is 6.42 Å². The summed E-state index contributed by atoms with van der Waals surface area (Å²) >= 11 is 2.80. The van der Waals surface area contributed by atoms with Crippen molar-refractivity contribution in [3.63, 3.8) is 0 Å². The minimum absolute atomic E-state index is 0.688. The van der Waals surface area contributed by atoms with E-state index in [1.165, 1.54) is 28.9 Å². The minimum Gasteiger partial charge on any atom is -0.213 e. The van der Waals surface area contributed by atoms with Crippen molar-refractivity contribution in [1.82, 2.24) is 29.6 Å². The highest BCUT2D eigenvalue weighted by Crippen LogP contribution is 2.28. The first-order valence-electron chi connectivity index (χ1n) is 6.12. The highest BCUT2D eigenvalue weighted by Gasteiger charge is 2.13. The summed E-state index contributed by atoms with van der Waals surface area (Å²) in [6.45, 7) is 4.08. The van der Waals surface area contributed by atoms with Crippen LogP contribution in [0.5, 0.6) is 0 Å². The van der Waals surface area contributed by atoms with Crippen LogP contribution in [0.1, 0.15) is 18.3 Å². The molecule has 2 aromatic heterocycles. The molecule has 0 fully saturated rings. The zero-order chi connectivity index (χ0) is 13.9. The Labute approximate surface area is 124 Å². The zero-order valence-corrected chi connectivity index (χ0v) is 12.6. The highest BCUT2D eigenvalue weighted by atomic mass is 32.2. The van der Waals surface area contributed by atoms with Crippen LogP contribution >= 0.6 is 23.3 Å². The lowest BCUT2D eigenvalue weighted by molar-refractivity contribution is 0.756. The molecule has 3 rings (SSSR count). The van der Waals surface area contributed by atoms with Crippen LogP contribution in [0.3, 0.4) is 0 Å². The first-order chi connectivity index (χ1) is 9.76. The van der Waals surface area contributed by atoms with Crippen LogP contribution in [-0.4, -0.2) is 29.6 Å². The fourth-order valence-electron chi connectivity index (χ4n) is 1.59. The van der Waals surface area contributed by atoms with E-state index in [4.69, 9.17) is 0 Å². The van der Waals surface area contributed by atoms with Crippen LogP contribution in [0.15, 0.2) is 33.8 Å². The van der Waals surface area contributed by atoms with E-state index in [1.807, 2.05) is 38.1 Å². The fourth-order valence-corrected chi connectivity index (χ4v) is 3.19. The van der Waals surface area contributed by atoms with Crippen LogP contribution < -0.4 is 0 Å². The Bertz CT molecular complexity index is 703. The quantitative estimate of drug-likeness (QED) is 0.737. The van der Waals surface area contributed by atoms with Gasteiger partial charge in [-0.3, -0.25) is 0 Å². The molecule has 0 N–H and O–H groups in total. The third kappa shape index (κ3) is 2.70. The standard InChI is InChI=1S/C12H12N6S2/c1-3-10-13-12(20-15-10)19-11-14-16-17-18(11)9-6-4-8(2)5-7-9/h4-7H,3H2,1-2H3. The van der Waals surface area contributed by atoms with E-state index in [1.54, 1.807) is 4.68 Å². The van der Waals surface area contributed by atoms with Gasteiger partial charge in [0.1, 0.15) is 5.82 Å². The highest BCUT2D eigenvalue weighted by molar-refractivity contribution is 8.00. The average Bonchev–Trinajstić information content (AvgIpc) is 3.09.